The van der Waals surface area contributed by atoms with E-state index in [1.54, 1.807) is 0 Å². The minimum absolute atomic E-state index is 0.0156. The van der Waals surface area contributed by atoms with E-state index in [1.165, 1.54) is 13.5 Å². The molecule has 0 fully saturated rings. The fourth-order valence-corrected chi connectivity index (χ4v) is 1.13. The summed E-state index contributed by atoms with van der Waals surface area (Å²) in [6.07, 6.45) is 0. The molecule has 0 atom stereocenters. The molecule has 0 aliphatic carbocycles. The molecule has 0 heterocycles. The first-order chi connectivity index (χ1) is 8.04. The molecular formula is C12H17BF2NOS. The molecule has 99 valence electrons. The van der Waals surface area contributed by atoms with Gasteiger partial charge in [-0.2, -0.15) is 12.6 Å². The second-order valence-electron chi connectivity index (χ2n) is 5.21. The Bertz CT molecular complexity index is 446. The molecule has 0 amide bonds. The number of hydrogen-bond acceptors (Lipinski definition) is 3. The monoisotopic (exact) mass is 272 g/mol. The zero-order chi connectivity index (χ0) is 14.1. The molecule has 1 radical (unpaired) electrons. The van der Waals surface area contributed by atoms with Crippen molar-refractivity contribution in [1.82, 2.24) is 0 Å². The first-order valence-electron chi connectivity index (χ1n) is 5.52. The van der Waals surface area contributed by atoms with E-state index in [1.807, 2.05) is 27.7 Å². The van der Waals surface area contributed by atoms with E-state index < -0.39 is 22.0 Å². The van der Waals surface area contributed by atoms with Crippen LogP contribution in [0.5, 0.6) is 0 Å². The number of thiol groups is 1. The molecule has 0 saturated carbocycles. The summed E-state index contributed by atoms with van der Waals surface area (Å²) < 4.78 is 31.7. The van der Waals surface area contributed by atoms with Crippen molar-refractivity contribution in [1.29, 1.82) is 0 Å². The van der Waals surface area contributed by atoms with Gasteiger partial charge in [0.25, 0.3) is 0 Å². The lowest BCUT2D eigenvalue weighted by Gasteiger charge is -2.38. The molecule has 1 rings (SSSR count). The lowest BCUT2D eigenvalue weighted by Crippen LogP contribution is -2.46. The Morgan fingerprint density at radius 1 is 1.22 bits per heavy atom. The van der Waals surface area contributed by atoms with Gasteiger partial charge in [0.15, 0.2) is 11.6 Å². The Morgan fingerprint density at radius 2 is 1.78 bits per heavy atom. The number of benzene rings is 1. The van der Waals surface area contributed by atoms with Crippen molar-refractivity contribution >= 4 is 31.3 Å². The van der Waals surface area contributed by atoms with Crippen molar-refractivity contribution in [3.63, 3.8) is 0 Å². The second kappa shape index (κ2) is 5.09. The van der Waals surface area contributed by atoms with Crippen LogP contribution in [0, 0.1) is 11.6 Å². The predicted molar refractivity (Wildman–Crippen MR) is 74.4 cm³/mol. The molecule has 0 aliphatic rings. The molecule has 1 aromatic carbocycles. The van der Waals surface area contributed by atoms with Crippen molar-refractivity contribution < 1.29 is 13.4 Å². The number of anilines is 1. The quantitative estimate of drug-likeness (QED) is 0.501. The number of rotatable bonds is 4. The minimum Gasteiger partial charge on any atom is -0.428 e. The van der Waals surface area contributed by atoms with Gasteiger partial charge in [-0.1, -0.05) is 0 Å². The second-order valence-corrected chi connectivity index (χ2v) is 6.33. The smallest absolute Gasteiger partial charge is 0.334 e. The number of hydrogen-bond donors (Lipinski definition) is 2. The molecule has 0 unspecified atom stereocenters. The molecule has 2 N–H and O–H groups in total. The summed E-state index contributed by atoms with van der Waals surface area (Å²) >= 11 is 4.41. The summed E-state index contributed by atoms with van der Waals surface area (Å²) in [7, 11) is 1.17. The third-order valence-electron chi connectivity index (χ3n) is 3.03. The van der Waals surface area contributed by atoms with E-state index in [9.17, 15) is 8.78 Å². The highest BCUT2D eigenvalue weighted by Gasteiger charge is 2.34. The minimum atomic E-state index is -0.993. The maximum Gasteiger partial charge on any atom is 0.334 e. The van der Waals surface area contributed by atoms with Gasteiger partial charge in [-0.15, -0.1) is 0 Å². The van der Waals surface area contributed by atoms with Gasteiger partial charge < -0.3 is 10.4 Å². The molecule has 2 nitrogen and oxygen atoms in total. The predicted octanol–water partition coefficient (Wildman–Crippen LogP) is 2.30. The fraction of sp³-hybridized carbons (Fsp3) is 0.500. The van der Waals surface area contributed by atoms with E-state index in [4.69, 9.17) is 10.4 Å². The Hall–Kier alpha value is -0.745. The van der Waals surface area contributed by atoms with Gasteiger partial charge in [0.05, 0.1) is 5.60 Å². The molecule has 0 bridgehead atoms. The molecular weight excluding hydrogens is 255 g/mol. The first kappa shape index (κ1) is 15.3. The van der Waals surface area contributed by atoms with Gasteiger partial charge in [0.2, 0.25) is 0 Å². The van der Waals surface area contributed by atoms with Crippen LogP contribution >= 0.6 is 12.6 Å². The third kappa shape index (κ3) is 3.39. The normalized spacial score (nSPS) is 12.6. The van der Waals surface area contributed by atoms with Crippen LogP contribution in [0.15, 0.2) is 12.1 Å². The van der Waals surface area contributed by atoms with Crippen LogP contribution in [-0.4, -0.2) is 17.8 Å². The van der Waals surface area contributed by atoms with Gasteiger partial charge in [-0.05, 0) is 45.3 Å². The van der Waals surface area contributed by atoms with E-state index in [-0.39, 0.29) is 11.2 Å². The van der Waals surface area contributed by atoms with Crippen LogP contribution in [0.3, 0.4) is 0 Å². The summed E-state index contributed by atoms with van der Waals surface area (Å²) in [5.41, 5.74) is 4.94. The van der Waals surface area contributed by atoms with Gasteiger partial charge >= 0.3 is 7.48 Å². The number of nitrogens with two attached hydrogens (primary N) is 1. The topological polar surface area (TPSA) is 35.2 Å². The van der Waals surface area contributed by atoms with Crippen molar-refractivity contribution in [3.8, 4) is 0 Å². The van der Waals surface area contributed by atoms with Crippen molar-refractivity contribution in [2.75, 3.05) is 5.73 Å². The summed E-state index contributed by atoms with van der Waals surface area (Å²) in [6, 6.07) is 2.25. The maximum absolute atomic E-state index is 13.5. The fourth-order valence-electron chi connectivity index (χ4n) is 1.07. The van der Waals surface area contributed by atoms with Crippen LogP contribution in [0.1, 0.15) is 27.7 Å². The van der Waals surface area contributed by atoms with Gasteiger partial charge in [0.1, 0.15) is 0 Å². The van der Waals surface area contributed by atoms with Crippen LogP contribution in [0.2, 0.25) is 0 Å². The Labute approximate surface area is 113 Å². The lowest BCUT2D eigenvalue weighted by atomic mass is 9.83. The van der Waals surface area contributed by atoms with Crippen molar-refractivity contribution in [2.45, 2.75) is 38.0 Å². The van der Waals surface area contributed by atoms with Crippen LogP contribution in [-0.2, 0) is 4.65 Å². The van der Waals surface area contributed by atoms with E-state index in [0.717, 1.165) is 6.07 Å². The molecule has 0 aliphatic heterocycles. The van der Waals surface area contributed by atoms with Crippen molar-refractivity contribution in [2.24, 2.45) is 0 Å². The average molecular weight is 272 g/mol. The van der Waals surface area contributed by atoms with Gasteiger partial charge in [0, 0.05) is 10.4 Å². The molecule has 0 aromatic heterocycles. The van der Waals surface area contributed by atoms with E-state index >= 15 is 0 Å². The number of halogens is 2. The van der Waals surface area contributed by atoms with Crippen LogP contribution < -0.4 is 11.2 Å². The zero-order valence-corrected chi connectivity index (χ0v) is 11.8. The molecule has 1 aromatic rings. The van der Waals surface area contributed by atoms with E-state index in [2.05, 4.69) is 12.6 Å². The summed E-state index contributed by atoms with van der Waals surface area (Å²) in [5, 5.41) is 0. The van der Waals surface area contributed by atoms with Gasteiger partial charge in [-0.25, -0.2) is 8.78 Å². The van der Waals surface area contributed by atoms with E-state index in [0.29, 0.717) is 0 Å². The largest absolute Gasteiger partial charge is 0.428 e. The maximum atomic E-state index is 13.5. The zero-order valence-electron chi connectivity index (χ0n) is 10.9. The average Bonchev–Trinajstić information content (AvgIpc) is 2.19. The van der Waals surface area contributed by atoms with Crippen LogP contribution in [0.4, 0.5) is 14.5 Å². The highest BCUT2D eigenvalue weighted by atomic mass is 32.1. The SMILES string of the molecule is CC(C)(S)C(C)(C)O[B]c1cc(N)cc(F)c1F. The first-order valence-corrected chi connectivity index (χ1v) is 5.97. The van der Waals surface area contributed by atoms with Crippen molar-refractivity contribution in [3.05, 3.63) is 23.8 Å². The highest BCUT2D eigenvalue weighted by Crippen LogP contribution is 2.30. The molecule has 18 heavy (non-hydrogen) atoms. The summed E-state index contributed by atoms with van der Waals surface area (Å²) in [4.78, 5) is 0. The molecule has 0 saturated heterocycles. The summed E-state index contributed by atoms with van der Waals surface area (Å²) in [5.74, 6) is -1.97. The number of nitrogen functional groups attached to an aromatic ring is 1. The third-order valence-corrected chi connectivity index (χ3v) is 3.57. The Kier molecular flexibility index (Phi) is 4.33. The summed E-state index contributed by atoms with van der Waals surface area (Å²) in [6.45, 7) is 7.38. The van der Waals surface area contributed by atoms with Crippen LogP contribution in [0.25, 0.3) is 0 Å². The molecule has 6 heteroatoms. The molecule has 0 spiro atoms. The van der Waals surface area contributed by atoms with Gasteiger partial charge in [-0.3, -0.25) is 0 Å². The standard InChI is InChI=1S/C12H17BF2NOS/c1-11(2,12(3,4)18)17-13-8-5-7(16)6-9(14)10(8)15/h5-6,18H,16H2,1-4H3. The Morgan fingerprint density at radius 3 is 2.28 bits per heavy atom. The highest BCUT2D eigenvalue weighted by molar-refractivity contribution is 7.81. The lowest BCUT2D eigenvalue weighted by molar-refractivity contribution is 0.0853. The Balaban J connectivity index is 2.88.